The number of nitrogens with zero attached hydrogens (tertiary/aromatic N) is 1. The molecule has 5 heteroatoms. The third-order valence-electron chi connectivity index (χ3n) is 2.43. The molecule has 0 atom stereocenters. The first-order valence-corrected chi connectivity index (χ1v) is 6.79. The van der Waals surface area contributed by atoms with Crippen molar-refractivity contribution in [1.82, 2.24) is 10.2 Å². The maximum atomic E-state index is 11.7. The second kappa shape index (κ2) is 7.75. The fraction of sp³-hybridized carbons (Fsp3) is 0.462. The van der Waals surface area contributed by atoms with Crippen LogP contribution < -0.4 is 5.32 Å². The molecule has 0 saturated heterocycles. The molecule has 0 aliphatic heterocycles. The van der Waals surface area contributed by atoms with Gasteiger partial charge in [-0.15, -0.1) is 11.3 Å². The number of carbonyl (C=O) groups excluding carboxylic acids is 1. The summed E-state index contributed by atoms with van der Waals surface area (Å²) in [7, 11) is 0. The van der Waals surface area contributed by atoms with Gasteiger partial charge in [-0.05, 0) is 19.9 Å². The molecule has 18 heavy (non-hydrogen) atoms. The summed E-state index contributed by atoms with van der Waals surface area (Å²) in [5, 5.41) is 13.4. The molecule has 0 unspecified atom stereocenters. The van der Waals surface area contributed by atoms with E-state index in [1.54, 1.807) is 16.2 Å². The average Bonchev–Trinajstić information content (AvgIpc) is 2.83. The normalized spacial score (nSPS) is 9.50. The van der Waals surface area contributed by atoms with Gasteiger partial charge < -0.3 is 15.3 Å². The number of carbonyl (C=O) groups is 1. The summed E-state index contributed by atoms with van der Waals surface area (Å²) >= 11 is 1.55. The zero-order valence-electron chi connectivity index (χ0n) is 10.7. The summed E-state index contributed by atoms with van der Waals surface area (Å²) < 4.78 is 0. The molecule has 1 aromatic heterocycles. The lowest BCUT2D eigenvalue weighted by Crippen LogP contribution is -2.39. The van der Waals surface area contributed by atoms with Crippen LogP contribution in [0.2, 0.25) is 0 Å². The summed E-state index contributed by atoms with van der Waals surface area (Å²) in [6, 6.07) is 1.88. The molecule has 1 rings (SSSR count). The molecular weight excluding hydrogens is 248 g/mol. The minimum atomic E-state index is -0.135. The Morgan fingerprint density at radius 3 is 2.83 bits per heavy atom. The quantitative estimate of drug-likeness (QED) is 0.814. The molecule has 0 bridgehead atoms. The molecule has 0 aliphatic rings. The fourth-order valence-electron chi connectivity index (χ4n) is 1.47. The zero-order chi connectivity index (χ0) is 13.4. The van der Waals surface area contributed by atoms with E-state index >= 15 is 0 Å². The van der Waals surface area contributed by atoms with Crippen LogP contribution in [0.4, 0.5) is 4.79 Å². The Kier molecular flexibility index (Phi) is 6.26. The molecule has 2 N–H and O–H groups in total. The van der Waals surface area contributed by atoms with Crippen molar-refractivity contribution in [2.45, 2.75) is 20.4 Å². The number of amides is 2. The summed E-state index contributed by atoms with van der Waals surface area (Å²) in [6.45, 7) is 5.71. The lowest BCUT2D eigenvalue weighted by atomic mass is 10.3. The van der Waals surface area contributed by atoms with Crippen molar-refractivity contribution < 1.29 is 9.90 Å². The minimum Gasteiger partial charge on any atom is -0.384 e. The van der Waals surface area contributed by atoms with Crippen molar-refractivity contribution in [3.8, 4) is 11.8 Å². The average molecular weight is 266 g/mol. The molecular formula is C13H18N2O2S. The Labute approximate surface area is 112 Å². The number of thiophene rings is 1. The van der Waals surface area contributed by atoms with Crippen LogP contribution in [0.25, 0.3) is 0 Å². The number of urea groups is 1. The van der Waals surface area contributed by atoms with Crippen molar-refractivity contribution in [3.63, 3.8) is 0 Å². The molecule has 0 spiro atoms. The Hall–Kier alpha value is -1.51. The summed E-state index contributed by atoms with van der Waals surface area (Å²) in [6.07, 6.45) is 0. The molecule has 1 aromatic rings. The highest BCUT2D eigenvalue weighted by molar-refractivity contribution is 7.10. The molecule has 0 aromatic carbocycles. The molecule has 2 amide bonds. The highest BCUT2D eigenvalue weighted by atomic mass is 32.1. The lowest BCUT2D eigenvalue weighted by molar-refractivity contribution is 0.203. The van der Waals surface area contributed by atoms with E-state index in [0.29, 0.717) is 19.6 Å². The Bertz CT molecular complexity index is 441. The van der Waals surface area contributed by atoms with Crippen molar-refractivity contribution in [3.05, 3.63) is 21.9 Å². The summed E-state index contributed by atoms with van der Waals surface area (Å²) in [5.74, 6) is 5.43. The highest BCUT2D eigenvalue weighted by Gasteiger charge is 2.08. The standard InChI is InChI=1S/C13H18N2O2S/c1-3-15(4-2)13(17)14-9-12-8-11(10-18-12)6-5-7-16/h8,10,16H,3-4,7,9H2,1-2H3,(H,14,17). The van der Waals surface area contributed by atoms with Gasteiger partial charge in [-0.3, -0.25) is 0 Å². The minimum absolute atomic E-state index is 0.0450. The van der Waals surface area contributed by atoms with Crippen LogP contribution in [0.15, 0.2) is 11.4 Å². The largest absolute Gasteiger partial charge is 0.384 e. The van der Waals surface area contributed by atoms with E-state index in [2.05, 4.69) is 17.2 Å². The van der Waals surface area contributed by atoms with E-state index in [9.17, 15) is 4.79 Å². The molecule has 0 aliphatic carbocycles. The van der Waals surface area contributed by atoms with Crippen LogP contribution in [-0.2, 0) is 6.54 Å². The van der Waals surface area contributed by atoms with Gasteiger partial charge in [0.2, 0.25) is 0 Å². The number of rotatable bonds is 4. The van der Waals surface area contributed by atoms with Gasteiger partial charge in [0.25, 0.3) is 0 Å². The number of aliphatic hydroxyl groups excluding tert-OH is 1. The van der Waals surface area contributed by atoms with Gasteiger partial charge >= 0.3 is 6.03 Å². The van der Waals surface area contributed by atoms with Crippen molar-refractivity contribution >= 4 is 17.4 Å². The van der Waals surface area contributed by atoms with Crippen LogP contribution >= 0.6 is 11.3 Å². The summed E-state index contributed by atoms with van der Waals surface area (Å²) in [5.41, 5.74) is 0.876. The lowest BCUT2D eigenvalue weighted by Gasteiger charge is -2.18. The first-order chi connectivity index (χ1) is 8.71. The topological polar surface area (TPSA) is 52.6 Å². The summed E-state index contributed by atoms with van der Waals surface area (Å²) in [4.78, 5) is 14.5. The predicted octanol–water partition coefficient (Wildman–Crippen LogP) is 1.64. The van der Waals surface area contributed by atoms with Gasteiger partial charge in [0.05, 0.1) is 6.54 Å². The Morgan fingerprint density at radius 1 is 1.50 bits per heavy atom. The monoisotopic (exact) mass is 266 g/mol. The first kappa shape index (κ1) is 14.6. The van der Waals surface area contributed by atoms with Crippen LogP contribution in [0.5, 0.6) is 0 Å². The van der Waals surface area contributed by atoms with Gasteiger partial charge in [0, 0.05) is 28.9 Å². The molecule has 1 heterocycles. The van der Waals surface area contributed by atoms with Crippen LogP contribution in [0.1, 0.15) is 24.3 Å². The third kappa shape index (κ3) is 4.40. The molecule has 98 valence electrons. The SMILES string of the molecule is CCN(CC)C(=O)NCc1cc(C#CCO)cs1. The maximum Gasteiger partial charge on any atom is 0.317 e. The van der Waals surface area contributed by atoms with E-state index in [-0.39, 0.29) is 12.6 Å². The maximum absolute atomic E-state index is 11.7. The van der Waals surface area contributed by atoms with E-state index in [1.807, 2.05) is 25.3 Å². The smallest absolute Gasteiger partial charge is 0.317 e. The molecule has 0 saturated carbocycles. The van der Waals surface area contributed by atoms with E-state index in [1.165, 1.54) is 0 Å². The Balaban J connectivity index is 2.48. The highest BCUT2D eigenvalue weighted by Crippen LogP contribution is 2.13. The van der Waals surface area contributed by atoms with Gasteiger partial charge in [-0.1, -0.05) is 11.8 Å². The first-order valence-electron chi connectivity index (χ1n) is 5.91. The van der Waals surface area contributed by atoms with Gasteiger partial charge in [-0.25, -0.2) is 4.79 Å². The van der Waals surface area contributed by atoms with E-state index in [4.69, 9.17) is 5.11 Å². The van der Waals surface area contributed by atoms with Gasteiger partial charge in [0.15, 0.2) is 0 Å². The van der Waals surface area contributed by atoms with Crippen molar-refractivity contribution in [1.29, 1.82) is 0 Å². The van der Waals surface area contributed by atoms with Crippen molar-refractivity contribution in [2.75, 3.05) is 19.7 Å². The third-order valence-corrected chi connectivity index (χ3v) is 3.37. The molecule has 0 radical (unpaired) electrons. The molecule has 0 fully saturated rings. The number of aliphatic hydroxyl groups is 1. The van der Waals surface area contributed by atoms with E-state index in [0.717, 1.165) is 10.4 Å². The van der Waals surface area contributed by atoms with E-state index < -0.39 is 0 Å². The second-order valence-corrected chi connectivity index (χ2v) is 4.59. The van der Waals surface area contributed by atoms with Crippen LogP contribution in [-0.4, -0.2) is 35.7 Å². The van der Waals surface area contributed by atoms with Gasteiger partial charge in [-0.2, -0.15) is 0 Å². The number of hydrogen-bond acceptors (Lipinski definition) is 3. The van der Waals surface area contributed by atoms with Gasteiger partial charge in [0.1, 0.15) is 6.61 Å². The second-order valence-electron chi connectivity index (χ2n) is 3.59. The van der Waals surface area contributed by atoms with Crippen molar-refractivity contribution in [2.24, 2.45) is 0 Å². The predicted molar refractivity (Wildman–Crippen MR) is 73.4 cm³/mol. The number of hydrogen-bond donors (Lipinski definition) is 2. The van der Waals surface area contributed by atoms with Crippen LogP contribution in [0.3, 0.4) is 0 Å². The van der Waals surface area contributed by atoms with Crippen LogP contribution in [0, 0.1) is 11.8 Å². The zero-order valence-corrected chi connectivity index (χ0v) is 11.5. The molecule has 4 nitrogen and oxygen atoms in total. The number of nitrogens with one attached hydrogen (secondary N) is 1. The fourth-order valence-corrected chi connectivity index (χ4v) is 2.22. The Morgan fingerprint density at radius 2 is 2.22 bits per heavy atom.